The molecule has 1 aliphatic heterocycles. The minimum atomic E-state index is -0.340. The topological polar surface area (TPSA) is 65.2 Å². The number of nitriles is 1. The fourth-order valence-corrected chi connectivity index (χ4v) is 1.88. The third-order valence-corrected chi connectivity index (χ3v) is 2.78. The van der Waals surface area contributed by atoms with Crippen molar-refractivity contribution in [3.05, 3.63) is 30.3 Å². The first-order valence-corrected chi connectivity index (χ1v) is 5.54. The highest BCUT2D eigenvalue weighted by molar-refractivity contribution is 6.04. The Bertz CT molecular complexity index is 487. The van der Waals surface area contributed by atoms with E-state index in [1.165, 1.54) is 0 Å². The van der Waals surface area contributed by atoms with Crippen LogP contribution in [-0.2, 0) is 4.79 Å². The highest BCUT2D eigenvalue weighted by Gasteiger charge is 2.31. The Kier molecular flexibility index (Phi) is 3.20. The number of para-hydroxylation sites is 1. The van der Waals surface area contributed by atoms with E-state index in [2.05, 4.69) is 16.4 Å². The van der Waals surface area contributed by atoms with Crippen LogP contribution >= 0.6 is 0 Å². The summed E-state index contributed by atoms with van der Waals surface area (Å²) in [6.45, 7) is 1.90. The van der Waals surface area contributed by atoms with Gasteiger partial charge in [0.2, 0.25) is 5.91 Å². The summed E-state index contributed by atoms with van der Waals surface area (Å²) < 4.78 is 0. The molecule has 1 saturated heterocycles. The summed E-state index contributed by atoms with van der Waals surface area (Å²) in [5.41, 5.74) is 0.747. The first-order chi connectivity index (χ1) is 8.20. The predicted molar refractivity (Wildman–Crippen MR) is 64.6 cm³/mol. The van der Waals surface area contributed by atoms with Crippen LogP contribution in [0.25, 0.3) is 0 Å². The molecule has 0 spiro atoms. The lowest BCUT2D eigenvalue weighted by molar-refractivity contribution is -0.121. The summed E-state index contributed by atoms with van der Waals surface area (Å²) in [6.07, 6.45) is 0.381. The van der Waals surface area contributed by atoms with Crippen LogP contribution in [0, 0.1) is 23.2 Å². The monoisotopic (exact) mass is 227 g/mol. The lowest BCUT2D eigenvalue weighted by Crippen LogP contribution is -2.44. The molecule has 2 atom stereocenters. The van der Waals surface area contributed by atoms with E-state index in [4.69, 9.17) is 5.26 Å². The number of aliphatic imine (C=N–C) groups is 1. The van der Waals surface area contributed by atoms with Gasteiger partial charge in [-0.3, -0.25) is 4.79 Å². The maximum Gasteiger partial charge on any atom is 0.225 e. The average Bonchev–Trinajstić information content (AvgIpc) is 2.30. The molecular formula is C13H13N3O. The maximum atomic E-state index is 11.4. The van der Waals surface area contributed by atoms with Crippen LogP contribution in [0.2, 0.25) is 0 Å². The molecule has 4 heteroatoms. The molecule has 1 fully saturated rings. The quantitative estimate of drug-likeness (QED) is 0.797. The largest absolute Gasteiger partial charge is 0.313 e. The lowest BCUT2D eigenvalue weighted by atomic mass is 9.87. The summed E-state index contributed by atoms with van der Waals surface area (Å²) in [5, 5.41) is 11.8. The molecule has 86 valence electrons. The summed E-state index contributed by atoms with van der Waals surface area (Å²) in [7, 11) is 0. The third kappa shape index (κ3) is 2.51. The molecule has 1 aromatic carbocycles. The van der Waals surface area contributed by atoms with Crippen molar-refractivity contribution in [1.29, 1.82) is 5.26 Å². The number of amidine groups is 1. The number of hydrogen-bond acceptors (Lipinski definition) is 3. The lowest BCUT2D eigenvalue weighted by Gasteiger charge is -2.25. The third-order valence-electron chi connectivity index (χ3n) is 2.78. The first kappa shape index (κ1) is 11.3. The molecule has 1 amide bonds. The Labute approximate surface area is 100.0 Å². The molecule has 0 saturated carbocycles. The number of piperidine rings is 1. The molecule has 2 unspecified atom stereocenters. The number of nitrogens with zero attached hydrogens (tertiary/aromatic N) is 2. The second-order valence-corrected chi connectivity index (χ2v) is 4.17. The second kappa shape index (κ2) is 4.79. The van der Waals surface area contributed by atoms with E-state index in [0.29, 0.717) is 12.3 Å². The minimum Gasteiger partial charge on any atom is -0.313 e. The van der Waals surface area contributed by atoms with Gasteiger partial charge in [-0.2, -0.15) is 5.26 Å². The molecule has 0 aromatic heterocycles. The summed E-state index contributed by atoms with van der Waals surface area (Å²) in [6, 6.07) is 11.5. The van der Waals surface area contributed by atoms with Gasteiger partial charge in [0.25, 0.3) is 0 Å². The van der Waals surface area contributed by atoms with Gasteiger partial charge in [-0.25, -0.2) is 4.99 Å². The summed E-state index contributed by atoms with van der Waals surface area (Å²) >= 11 is 0. The van der Waals surface area contributed by atoms with E-state index < -0.39 is 0 Å². The minimum absolute atomic E-state index is 0.0104. The zero-order chi connectivity index (χ0) is 12.3. The van der Waals surface area contributed by atoms with E-state index in [1.54, 1.807) is 0 Å². The Balaban J connectivity index is 2.32. The van der Waals surface area contributed by atoms with Crippen molar-refractivity contribution in [3.63, 3.8) is 0 Å². The number of amides is 1. The van der Waals surface area contributed by atoms with Gasteiger partial charge in [0.05, 0.1) is 11.8 Å². The molecular weight excluding hydrogens is 214 g/mol. The SMILES string of the molecule is CC1CC(=O)NC(=Nc2ccccc2)C1C#N. The molecule has 1 aromatic rings. The van der Waals surface area contributed by atoms with Crippen molar-refractivity contribution in [1.82, 2.24) is 5.32 Å². The number of nitrogens with one attached hydrogen (secondary N) is 1. The van der Waals surface area contributed by atoms with Gasteiger partial charge >= 0.3 is 0 Å². The zero-order valence-corrected chi connectivity index (χ0v) is 9.55. The Hall–Kier alpha value is -2.15. The fourth-order valence-electron chi connectivity index (χ4n) is 1.88. The van der Waals surface area contributed by atoms with Gasteiger partial charge in [-0.1, -0.05) is 25.1 Å². The molecule has 0 aliphatic carbocycles. The second-order valence-electron chi connectivity index (χ2n) is 4.17. The normalized spacial score (nSPS) is 26.4. The number of benzene rings is 1. The fraction of sp³-hybridized carbons (Fsp3) is 0.308. The average molecular weight is 227 g/mol. The van der Waals surface area contributed by atoms with Crippen LogP contribution in [0.4, 0.5) is 5.69 Å². The standard InChI is InChI=1S/C13H13N3O/c1-9-7-12(17)16-13(11(9)8-14)15-10-5-3-2-4-6-10/h2-6,9,11H,7H2,1H3,(H,15,16,17). The highest BCUT2D eigenvalue weighted by Crippen LogP contribution is 2.22. The van der Waals surface area contributed by atoms with E-state index in [0.717, 1.165) is 5.69 Å². The van der Waals surface area contributed by atoms with Gasteiger partial charge in [0.15, 0.2) is 0 Å². The molecule has 17 heavy (non-hydrogen) atoms. The van der Waals surface area contributed by atoms with Crippen LogP contribution in [0.3, 0.4) is 0 Å². The number of carbonyl (C=O) groups is 1. The zero-order valence-electron chi connectivity index (χ0n) is 9.55. The molecule has 2 rings (SSSR count). The van der Waals surface area contributed by atoms with Crippen molar-refractivity contribution in [3.8, 4) is 6.07 Å². The van der Waals surface area contributed by atoms with Crippen molar-refractivity contribution >= 4 is 17.4 Å². The maximum absolute atomic E-state index is 11.4. The number of rotatable bonds is 1. The van der Waals surface area contributed by atoms with Gasteiger partial charge in [-0.15, -0.1) is 0 Å². The van der Waals surface area contributed by atoms with E-state index >= 15 is 0 Å². The van der Waals surface area contributed by atoms with Crippen molar-refractivity contribution in [2.24, 2.45) is 16.8 Å². The Morgan fingerprint density at radius 3 is 2.76 bits per heavy atom. The number of carbonyl (C=O) groups excluding carboxylic acids is 1. The smallest absolute Gasteiger partial charge is 0.225 e. The van der Waals surface area contributed by atoms with Crippen LogP contribution in [0.15, 0.2) is 35.3 Å². The van der Waals surface area contributed by atoms with Gasteiger partial charge < -0.3 is 5.32 Å². The van der Waals surface area contributed by atoms with E-state index in [9.17, 15) is 4.79 Å². The van der Waals surface area contributed by atoms with Crippen LogP contribution in [-0.4, -0.2) is 11.7 Å². The van der Waals surface area contributed by atoms with Crippen LogP contribution < -0.4 is 5.32 Å². The summed E-state index contributed by atoms with van der Waals surface area (Å²) in [4.78, 5) is 15.8. The van der Waals surface area contributed by atoms with Crippen molar-refractivity contribution < 1.29 is 4.79 Å². The molecule has 0 radical (unpaired) electrons. The molecule has 4 nitrogen and oxygen atoms in total. The molecule has 0 bridgehead atoms. The Morgan fingerprint density at radius 1 is 1.41 bits per heavy atom. The van der Waals surface area contributed by atoms with E-state index in [-0.39, 0.29) is 17.7 Å². The first-order valence-electron chi connectivity index (χ1n) is 5.54. The van der Waals surface area contributed by atoms with Crippen LogP contribution in [0.1, 0.15) is 13.3 Å². The number of hydrogen-bond donors (Lipinski definition) is 1. The predicted octanol–water partition coefficient (Wildman–Crippen LogP) is 2.01. The van der Waals surface area contributed by atoms with E-state index in [1.807, 2.05) is 37.3 Å². The highest BCUT2D eigenvalue weighted by atomic mass is 16.1. The van der Waals surface area contributed by atoms with Gasteiger partial charge in [-0.05, 0) is 18.1 Å². The molecule has 1 aliphatic rings. The van der Waals surface area contributed by atoms with Gasteiger partial charge in [0, 0.05) is 6.42 Å². The summed E-state index contributed by atoms with van der Waals surface area (Å²) in [5.74, 6) is 0.0604. The van der Waals surface area contributed by atoms with Crippen molar-refractivity contribution in [2.75, 3.05) is 0 Å². The van der Waals surface area contributed by atoms with Crippen molar-refractivity contribution in [2.45, 2.75) is 13.3 Å². The van der Waals surface area contributed by atoms with Gasteiger partial charge in [0.1, 0.15) is 11.8 Å². The Morgan fingerprint density at radius 2 is 2.12 bits per heavy atom. The van der Waals surface area contributed by atoms with Crippen LogP contribution in [0.5, 0.6) is 0 Å². The molecule has 1 N–H and O–H groups in total. The molecule has 1 heterocycles.